The van der Waals surface area contributed by atoms with E-state index < -0.39 is 0 Å². The van der Waals surface area contributed by atoms with Gasteiger partial charge in [0.05, 0.1) is 0 Å². The highest BCUT2D eigenvalue weighted by Crippen LogP contribution is 2.28. The Morgan fingerprint density at radius 3 is 2.11 bits per heavy atom. The molecule has 0 spiro atoms. The van der Waals surface area contributed by atoms with Gasteiger partial charge in [-0.3, -0.25) is 4.99 Å². The second-order valence-electron chi connectivity index (χ2n) is 6.49. The summed E-state index contributed by atoms with van der Waals surface area (Å²) in [6.45, 7) is 7.83. The molecule has 2 aliphatic rings. The third kappa shape index (κ3) is 5.48. The summed E-state index contributed by atoms with van der Waals surface area (Å²) in [7, 11) is 0. The third-order valence-corrected chi connectivity index (χ3v) is 4.75. The molecule has 0 aromatic heterocycles. The van der Waals surface area contributed by atoms with Crippen LogP contribution in [0.5, 0.6) is 0 Å². The van der Waals surface area contributed by atoms with Crippen molar-refractivity contribution in [2.24, 2.45) is 28.5 Å². The molecule has 19 heavy (non-hydrogen) atoms. The molecular formula is C15H30IN3. The maximum atomic E-state index is 6.11. The summed E-state index contributed by atoms with van der Waals surface area (Å²) in [5.41, 5.74) is 6.11. The molecular weight excluding hydrogens is 349 g/mol. The van der Waals surface area contributed by atoms with E-state index in [4.69, 9.17) is 5.73 Å². The highest BCUT2D eigenvalue weighted by atomic mass is 127. The predicted octanol–water partition coefficient (Wildman–Crippen LogP) is 3.48. The molecule has 3 nitrogen and oxygen atoms in total. The summed E-state index contributed by atoms with van der Waals surface area (Å²) in [5.74, 6) is 3.35. The molecule has 112 valence electrons. The minimum Gasteiger partial charge on any atom is -0.370 e. The van der Waals surface area contributed by atoms with Gasteiger partial charge < -0.3 is 10.6 Å². The first-order valence-corrected chi connectivity index (χ1v) is 7.70. The Morgan fingerprint density at radius 1 is 1.00 bits per heavy atom. The highest BCUT2D eigenvalue weighted by molar-refractivity contribution is 14.0. The van der Waals surface area contributed by atoms with E-state index in [1.165, 1.54) is 38.5 Å². The van der Waals surface area contributed by atoms with E-state index in [0.29, 0.717) is 0 Å². The van der Waals surface area contributed by atoms with Crippen LogP contribution in [0.3, 0.4) is 0 Å². The van der Waals surface area contributed by atoms with E-state index in [9.17, 15) is 0 Å². The number of piperidine rings is 1. The lowest BCUT2D eigenvalue weighted by Gasteiger charge is -2.31. The fraction of sp³-hybridized carbons (Fsp3) is 0.933. The minimum absolute atomic E-state index is 0. The first-order valence-electron chi connectivity index (χ1n) is 7.70. The van der Waals surface area contributed by atoms with E-state index in [1.54, 1.807) is 0 Å². The minimum atomic E-state index is 0. The molecule has 2 fully saturated rings. The Morgan fingerprint density at radius 2 is 1.53 bits per heavy atom. The van der Waals surface area contributed by atoms with Gasteiger partial charge in [-0.15, -0.1) is 24.0 Å². The van der Waals surface area contributed by atoms with Gasteiger partial charge >= 0.3 is 0 Å². The normalized spacial score (nSPS) is 30.0. The van der Waals surface area contributed by atoms with E-state index in [2.05, 4.69) is 23.7 Å². The largest absolute Gasteiger partial charge is 0.370 e. The Hall–Kier alpha value is 0. The third-order valence-electron chi connectivity index (χ3n) is 4.75. The summed E-state index contributed by atoms with van der Waals surface area (Å²) in [4.78, 5) is 6.91. The zero-order valence-electron chi connectivity index (χ0n) is 12.5. The molecule has 1 saturated heterocycles. The van der Waals surface area contributed by atoms with Crippen molar-refractivity contribution in [3.8, 4) is 0 Å². The lowest BCUT2D eigenvalue weighted by atomic mass is 9.83. The van der Waals surface area contributed by atoms with Crippen LogP contribution in [0.1, 0.15) is 52.4 Å². The Kier molecular flexibility index (Phi) is 7.47. The lowest BCUT2D eigenvalue weighted by Crippen LogP contribution is -2.42. The van der Waals surface area contributed by atoms with E-state index in [1.807, 2.05) is 0 Å². The van der Waals surface area contributed by atoms with Gasteiger partial charge in [0.15, 0.2) is 5.96 Å². The van der Waals surface area contributed by atoms with Gasteiger partial charge in [-0.05, 0) is 43.4 Å². The van der Waals surface area contributed by atoms with Crippen molar-refractivity contribution in [3.63, 3.8) is 0 Å². The number of likely N-dealkylation sites (tertiary alicyclic amines) is 1. The fourth-order valence-electron chi connectivity index (χ4n) is 3.07. The summed E-state index contributed by atoms with van der Waals surface area (Å²) < 4.78 is 0. The van der Waals surface area contributed by atoms with Crippen molar-refractivity contribution in [2.45, 2.75) is 52.4 Å². The number of nitrogens with zero attached hydrogens (tertiary/aromatic N) is 2. The molecule has 1 saturated carbocycles. The lowest BCUT2D eigenvalue weighted by molar-refractivity contribution is 0.273. The molecule has 0 bridgehead atoms. The van der Waals surface area contributed by atoms with Crippen molar-refractivity contribution >= 4 is 29.9 Å². The number of hydrogen-bond donors (Lipinski definition) is 1. The van der Waals surface area contributed by atoms with Crippen LogP contribution in [0.15, 0.2) is 4.99 Å². The Balaban J connectivity index is 0.00000180. The molecule has 1 aliphatic carbocycles. The summed E-state index contributed by atoms with van der Waals surface area (Å²) in [6, 6.07) is 0. The number of guanidine groups is 1. The molecule has 0 aromatic carbocycles. The summed E-state index contributed by atoms with van der Waals surface area (Å²) in [6.07, 6.45) is 7.96. The average molecular weight is 379 g/mol. The number of nitrogens with two attached hydrogens (primary N) is 1. The molecule has 0 atom stereocenters. The van der Waals surface area contributed by atoms with Crippen LogP contribution < -0.4 is 5.73 Å². The van der Waals surface area contributed by atoms with Crippen LogP contribution in [0.2, 0.25) is 0 Å². The number of halogens is 1. The van der Waals surface area contributed by atoms with Crippen molar-refractivity contribution < 1.29 is 0 Å². The van der Waals surface area contributed by atoms with Crippen LogP contribution in [-0.4, -0.2) is 30.5 Å². The Bertz CT molecular complexity index is 277. The first-order chi connectivity index (χ1) is 8.65. The maximum Gasteiger partial charge on any atom is 0.191 e. The molecule has 2 rings (SSSR count). The SMILES string of the molecule is CC1CCC(CN=C(N)N2CCC(C)CC2)CC1.I. The molecule has 0 unspecified atom stereocenters. The second-order valence-corrected chi connectivity index (χ2v) is 6.49. The molecule has 0 amide bonds. The van der Waals surface area contributed by atoms with Crippen LogP contribution in [0.25, 0.3) is 0 Å². The topological polar surface area (TPSA) is 41.6 Å². The van der Waals surface area contributed by atoms with Crippen LogP contribution in [0.4, 0.5) is 0 Å². The molecule has 0 aromatic rings. The number of rotatable bonds is 2. The molecule has 0 radical (unpaired) electrons. The van der Waals surface area contributed by atoms with Gasteiger partial charge in [-0.25, -0.2) is 0 Å². The molecule has 1 aliphatic heterocycles. The van der Waals surface area contributed by atoms with Gasteiger partial charge in [0.2, 0.25) is 0 Å². The van der Waals surface area contributed by atoms with Crippen molar-refractivity contribution in [2.75, 3.05) is 19.6 Å². The van der Waals surface area contributed by atoms with E-state index in [-0.39, 0.29) is 24.0 Å². The van der Waals surface area contributed by atoms with Gasteiger partial charge in [0.25, 0.3) is 0 Å². The van der Waals surface area contributed by atoms with E-state index in [0.717, 1.165) is 43.3 Å². The van der Waals surface area contributed by atoms with Crippen molar-refractivity contribution in [1.29, 1.82) is 0 Å². The van der Waals surface area contributed by atoms with Crippen molar-refractivity contribution in [3.05, 3.63) is 0 Å². The smallest absolute Gasteiger partial charge is 0.191 e. The van der Waals surface area contributed by atoms with Crippen molar-refractivity contribution in [1.82, 2.24) is 4.90 Å². The summed E-state index contributed by atoms with van der Waals surface area (Å²) >= 11 is 0. The number of aliphatic imine (C=N–C) groups is 1. The van der Waals surface area contributed by atoms with Crippen LogP contribution >= 0.6 is 24.0 Å². The highest BCUT2D eigenvalue weighted by Gasteiger charge is 2.19. The summed E-state index contributed by atoms with van der Waals surface area (Å²) in [5, 5.41) is 0. The van der Waals surface area contributed by atoms with Crippen LogP contribution in [0, 0.1) is 17.8 Å². The number of hydrogen-bond acceptors (Lipinski definition) is 1. The first kappa shape index (κ1) is 17.1. The van der Waals surface area contributed by atoms with Gasteiger partial charge in [-0.2, -0.15) is 0 Å². The quantitative estimate of drug-likeness (QED) is 0.454. The van der Waals surface area contributed by atoms with E-state index >= 15 is 0 Å². The van der Waals surface area contributed by atoms with Gasteiger partial charge in [0, 0.05) is 19.6 Å². The second kappa shape index (κ2) is 8.32. The molecule has 1 heterocycles. The monoisotopic (exact) mass is 379 g/mol. The molecule has 4 heteroatoms. The van der Waals surface area contributed by atoms with Gasteiger partial charge in [0.1, 0.15) is 0 Å². The molecule has 2 N–H and O–H groups in total. The maximum absolute atomic E-state index is 6.11. The Labute approximate surface area is 135 Å². The van der Waals surface area contributed by atoms with Crippen LogP contribution in [-0.2, 0) is 0 Å². The fourth-order valence-corrected chi connectivity index (χ4v) is 3.07. The zero-order chi connectivity index (χ0) is 13.0. The predicted molar refractivity (Wildman–Crippen MR) is 93.0 cm³/mol. The standard InChI is InChI=1S/C15H29N3.HI/c1-12-3-5-14(6-4-12)11-17-15(16)18-9-7-13(2)8-10-18;/h12-14H,3-11H2,1-2H3,(H2,16,17);1H. The zero-order valence-corrected chi connectivity index (χ0v) is 14.8. The average Bonchev–Trinajstić information content (AvgIpc) is 2.38. The van der Waals surface area contributed by atoms with Gasteiger partial charge in [-0.1, -0.05) is 26.7 Å².